The van der Waals surface area contributed by atoms with E-state index in [0.717, 1.165) is 25.3 Å². The molecule has 7 nitrogen and oxygen atoms in total. The molecule has 1 heterocycles. The first-order valence-electron chi connectivity index (χ1n) is 8.51. The molecule has 1 saturated heterocycles. The van der Waals surface area contributed by atoms with E-state index in [2.05, 4.69) is 5.32 Å². The lowest BCUT2D eigenvalue weighted by molar-refractivity contribution is -0.385. The molecule has 0 aromatic heterocycles. The van der Waals surface area contributed by atoms with E-state index in [9.17, 15) is 14.9 Å². The standard InChI is InChI=1S/C17H23N3O4.ClH/c21-17(12-24-16-4-2-1-3-15(16)20(22)23)19-9-7-14(8-10-19)18-11-13-5-6-13;/h1-4,13-14,18H,5-12H2;1H. The summed E-state index contributed by atoms with van der Waals surface area (Å²) in [5.74, 6) is 0.880. The third kappa shape index (κ3) is 5.57. The number of likely N-dealkylation sites (tertiary alicyclic amines) is 1. The van der Waals surface area contributed by atoms with E-state index in [1.807, 2.05) is 0 Å². The van der Waals surface area contributed by atoms with Gasteiger partial charge in [-0.3, -0.25) is 14.9 Å². The van der Waals surface area contributed by atoms with Gasteiger partial charge in [0.15, 0.2) is 12.4 Å². The Bertz CT molecular complexity index is 601. The van der Waals surface area contributed by atoms with Crippen molar-refractivity contribution in [2.75, 3.05) is 26.2 Å². The van der Waals surface area contributed by atoms with E-state index in [0.29, 0.717) is 19.1 Å². The maximum absolute atomic E-state index is 12.2. The summed E-state index contributed by atoms with van der Waals surface area (Å²) in [4.78, 5) is 24.5. The molecule has 3 rings (SSSR count). The van der Waals surface area contributed by atoms with E-state index < -0.39 is 4.92 Å². The van der Waals surface area contributed by atoms with Gasteiger partial charge in [0.2, 0.25) is 0 Å². The van der Waals surface area contributed by atoms with Crippen molar-refractivity contribution in [1.29, 1.82) is 0 Å². The number of amides is 1. The summed E-state index contributed by atoms with van der Waals surface area (Å²) in [7, 11) is 0. The van der Waals surface area contributed by atoms with Gasteiger partial charge in [-0.1, -0.05) is 12.1 Å². The highest BCUT2D eigenvalue weighted by molar-refractivity contribution is 5.85. The molecule has 25 heavy (non-hydrogen) atoms. The Balaban J connectivity index is 0.00000225. The lowest BCUT2D eigenvalue weighted by Crippen LogP contribution is -2.46. The van der Waals surface area contributed by atoms with Crippen LogP contribution in [0, 0.1) is 16.0 Å². The number of carbonyl (C=O) groups excluding carboxylic acids is 1. The zero-order chi connectivity index (χ0) is 16.9. The number of nitro benzene ring substituents is 1. The summed E-state index contributed by atoms with van der Waals surface area (Å²) in [5.41, 5.74) is -0.117. The van der Waals surface area contributed by atoms with Crippen molar-refractivity contribution < 1.29 is 14.5 Å². The number of hydrogen-bond acceptors (Lipinski definition) is 5. The summed E-state index contributed by atoms with van der Waals surface area (Å²) in [5, 5.41) is 14.5. The van der Waals surface area contributed by atoms with Crippen LogP contribution in [0.4, 0.5) is 5.69 Å². The van der Waals surface area contributed by atoms with Gasteiger partial charge in [-0.15, -0.1) is 12.4 Å². The van der Waals surface area contributed by atoms with Gasteiger partial charge in [-0.25, -0.2) is 0 Å². The molecule has 0 unspecified atom stereocenters. The fourth-order valence-electron chi connectivity index (χ4n) is 2.95. The van der Waals surface area contributed by atoms with Gasteiger partial charge in [0.25, 0.3) is 5.91 Å². The molecule has 1 aliphatic carbocycles. The van der Waals surface area contributed by atoms with Crippen LogP contribution >= 0.6 is 12.4 Å². The predicted molar refractivity (Wildman–Crippen MR) is 96.2 cm³/mol. The number of para-hydroxylation sites is 2. The fraction of sp³-hybridized carbons (Fsp3) is 0.588. The Kier molecular flexibility index (Phi) is 7.01. The third-order valence-electron chi connectivity index (χ3n) is 4.65. The van der Waals surface area contributed by atoms with Crippen LogP contribution in [0.15, 0.2) is 24.3 Å². The minimum absolute atomic E-state index is 0. The van der Waals surface area contributed by atoms with Crippen LogP contribution in [0.25, 0.3) is 0 Å². The monoisotopic (exact) mass is 369 g/mol. The average molecular weight is 370 g/mol. The van der Waals surface area contributed by atoms with Crippen molar-refractivity contribution in [3.63, 3.8) is 0 Å². The maximum Gasteiger partial charge on any atom is 0.310 e. The molecule has 8 heteroatoms. The number of carbonyl (C=O) groups is 1. The van der Waals surface area contributed by atoms with E-state index >= 15 is 0 Å². The summed E-state index contributed by atoms with van der Waals surface area (Å²) in [6.07, 6.45) is 4.58. The molecule has 1 N–H and O–H groups in total. The Hall–Kier alpha value is -1.86. The fourth-order valence-corrected chi connectivity index (χ4v) is 2.95. The molecule has 0 bridgehead atoms. The summed E-state index contributed by atoms with van der Waals surface area (Å²) in [6.45, 7) is 2.35. The molecule has 2 aliphatic rings. The number of piperidine rings is 1. The highest BCUT2D eigenvalue weighted by atomic mass is 35.5. The largest absolute Gasteiger partial charge is 0.477 e. The van der Waals surface area contributed by atoms with Crippen LogP contribution in [0.2, 0.25) is 0 Å². The van der Waals surface area contributed by atoms with Crippen molar-refractivity contribution in [3.05, 3.63) is 34.4 Å². The van der Waals surface area contributed by atoms with Crippen LogP contribution in [0.3, 0.4) is 0 Å². The van der Waals surface area contributed by atoms with Crippen molar-refractivity contribution >= 4 is 24.0 Å². The van der Waals surface area contributed by atoms with Gasteiger partial charge in [-0.05, 0) is 44.2 Å². The second-order valence-electron chi connectivity index (χ2n) is 6.52. The van der Waals surface area contributed by atoms with E-state index in [1.165, 1.54) is 25.0 Å². The molecule has 0 atom stereocenters. The molecule has 1 aromatic carbocycles. The highest BCUT2D eigenvalue weighted by Gasteiger charge is 2.26. The SMILES string of the molecule is Cl.O=C(COc1ccccc1[N+](=O)[O-])N1CCC(NCC2CC2)CC1. The maximum atomic E-state index is 12.2. The van der Waals surface area contributed by atoms with Gasteiger partial charge in [0, 0.05) is 25.2 Å². The third-order valence-corrected chi connectivity index (χ3v) is 4.65. The molecular formula is C17H24ClN3O4. The Morgan fingerprint density at radius 3 is 2.56 bits per heavy atom. The first-order chi connectivity index (χ1) is 11.6. The molecule has 0 spiro atoms. The number of nitro groups is 1. The van der Waals surface area contributed by atoms with Crippen LogP contribution < -0.4 is 10.1 Å². The van der Waals surface area contributed by atoms with Gasteiger partial charge in [0.05, 0.1) is 4.92 Å². The molecule has 0 radical (unpaired) electrons. The molecule has 2 fully saturated rings. The van der Waals surface area contributed by atoms with Gasteiger partial charge < -0.3 is 15.0 Å². The molecule has 1 saturated carbocycles. The van der Waals surface area contributed by atoms with E-state index in [1.54, 1.807) is 17.0 Å². The molecule has 138 valence electrons. The molecule has 1 amide bonds. The Morgan fingerprint density at radius 1 is 1.24 bits per heavy atom. The lowest BCUT2D eigenvalue weighted by Gasteiger charge is -2.32. The Labute approximate surface area is 153 Å². The minimum atomic E-state index is -0.503. The Morgan fingerprint density at radius 2 is 1.92 bits per heavy atom. The second-order valence-corrected chi connectivity index (χ2v) is 6.52. The van der Waals surface area contributed by atoms with E-state index in [4.69, 9.17) is 4.74 Å². The highest BCUT2D eigenvalue weighted by Crippen LogP contribution is 2.28. The number of benzene rings is 1. The number of nitrogens with one attached hydrogen (secondary N) is 1. The number of nitrogens with zero attached hydrogens (tertiary/aromatic N) is 2. The summed E-state index contributed by atoms with van der Waals surface area (Å²) >= 11 is 0. The summed E-state index contributed by atoms with van der Waals surface area (Å²) < 4.78 is 5.38. The molecular weight excluding hydrogens is 346 g/mol. The number of hydrogen-bond donors (Lipinski definition) is 1. The first-order valence-corrected chi connectivity index (χ1v) is 8.51. The quantitative estimate of drug-likeness (QED) is 0.589. The van der Waals surface area contributed by atoms with Crippen molar-refractivity contribution in [2.24, 2.45) is 5.92 Å². The van der Waals surface area contributed by atoms with Crippen LogP contribution in [-0.4, -0.2) is 48.0 Å². The van der Waals surface area contributed by atoms with Crippen molar-refractivity contribution in [2.45, 2.75) is 31.7 Å². The zero-order valence-electron chi connectivity index (χ0n) is 14.1. The smallest absolute Gasteiger partial charge is 0.310 e. The molecule has 1 aromatic rings. The van der Waals surface area contributed by atoms with Gasteiger partial charge in [-0.2, -0.15) is 0 Å². The number of rotatable bonds is 7. The normalized spacial score (nSPS) is 17.7. The summed E-state index contributed by atoms with van der Waals surface area (Å²) in [6, 6.07) is 6.61. The predicted octanol–water partition coefficient (Wildman–Crippen LogP) is 2.39. The van der Waals surface area contributed by atoms with Crippen LogP contribution in [-0.2, 0) is 4.79 Å². The van der Waals surface area contributed by atoms with Crippen LogP contribution in [0.1, 0.15) is 25.7 Å². The second kappa shape index (κ2) is 9.01. The van der Waals surface area contributed by atoms with E-state index in [-0.39, 0.29) is 36.4 Å². The minimum Gasteiger partial charge on any atom is -0.477 e. The first kappa shape index (κ1) is 19.5. The topological polar surface area (TPSA) is 84.7 Å². The number of halogens is 1. The van der Waals surface area contributed by atoms with Crippen molar-refractivity contribution in [3.8, 4) is 5.75 Å². The average Bonchev–Trinajstić information content (AvgIpc) is 3.43. The van der Waals surface area contributed by atoms with Gasteiger partial charge in [0.1, 0.15) is 0 Å². The zero-order valence-corrected chi connectivity index (χ0v) is 14.9. The molecule has 1 aliphatic heterocycles. The van der Waals surface area contributed by atoms with Crippen LogP contribution in [0.5, 0.6) is 5.75 Å². The van der Waals surface area contributed by atoms with Crippen molar-refractivity contribution in [1.82, 2.24) is 10.2 Å². The number of ether oxygens (including phenoxy) is 1. The lowest BCUT2D eigenvalue weighted by atomic mass is 10.0. The van der Waals surface area contributed by atoms with Gasteiger partial charge >= 0.3 is 5.69 Å².